The molecule has 1 amide bonds. The van der Waals surface area contributed by atoms with E-state index in [0.717, 1.165) is 4.68 Å². The van der Waals surface area contributed by atoms with Crippen molar-refractivity contribution in [2.75, 3.05) is 41.6 Å². The number of halogens is 7. The van der Waals surface area contributed by atoms with E-state index in [4.69, 9.17) is 10.6 Å². The molecule has 2 heterocycles. The third-order valence-corrected chi connectivity index (χ3v) is 9.23. The van der Waals surface area contributed by atoms with Crippen LogP contribution in [0.1, 0.15) is 77.6 Å². The Kier molecular flexibility index (Phi) is 18.3. The molecule has 0 aliphatic heterocycles. The number of benzene rings is 2. The van der Waals surface area contributed by atoms with Crippen LogP contribution in [0.5, 0.6) is 5.19 Å². The molecule has 2 aromatic carbocycles. The standard InChI is InChI=1S/C14H13F4N3O2S.C13H16F3N3O4.C8H14N4OS/c1-8(2)21(10-5-3-9(15)4-6-10)11(22)7-23-13-20-19-12(24-13)14(16,17)18;1-3-5-17(6-4-2)12-10(18(20)21)7-9(13(14,15)16)8-11(12)19(22)23;1-8(2,3)5-6(13)12(9)7(14-4)11-10-5/h3-6,8H,7H2,1-2H3;7-8H,3-6H2,1-2H3;9H2,1-4H3. The number of hydrogen-bond donors (Lipinski definition) is 1. The normalized spacial score (nSPS) is 11.5. The number of carbonyl (C=O) groups excluding carboxylic acids is 1. The van der Waals surface area contributed by atoms with Crippen LogP contribution >= 0.6 is 23.1 Å². The van der Waals surface area contributed by atoms with Gasteiger partial charge in [-0.2, -0.15) is 31.0 Å². The SMILES string of the molecule is CC(C)N(C(=O)COc1nnc(C(F)(F)F)s1)c1ccc(F)cc1.CCCN(CCC)c1c([N+](=O)[O-])cc(C(F)(F)F)cc1[N+](=O)[O-].CSc1nnc(C(C)(C)C)c(=O)n1N. The van der Waals surface area contributed by atoms with E-state index in [9.17, 15) is 60.6 Å². The Bertz CT molecular complexity index is 2140. The first-order valence-corrected chi connectivity index (χ1v) is 19.9. The number of thioether (sulfide) groups is 1. The summed E-state index contributed by atoms with van der Waals surface area (Å²) in [6.45, 7) is 12.7. The molecule has 0 aliphatic rings. The van der Waals surface area contributed by atoms with Crippen LogP contribution < -0.4 is 25.9 Å². The summed E-state index contributed by atoms with van der Waals surface area (Å²) in [4.78, 5) is 47.1. The van der Waals surface area contributed by atoms with Crippen LogP contribution in [-0.2, 0) is 22.6 Å². The molecule has 0 bridgehead atoms. The summed E-state index contributed by atoms with van der Waals surface area (Å²) < 4.78 is 94.9. The smallest absolute Gasteiger partial charge is 0.445 e. The molecule has 4 aromatic rings. The Morgan fingerprint density at radius 1 is 0.918 bits per heavy atom. The van der Waals surface area contributed by atoms with Crippen LogP contribution in [0.4, 0.5) is 53.5 Å². The van der Waals surface area contributed by atoms with E-state index < -0.39 is 62.5 Å². The molecule has 26 heteroatoms. The quantitative estimate of drug-likeness (QED) is 0.0441. The zero-order valence-corrected chi connectivity index (χ0v) is 35.6. The summed E-state index contributed by atoms with van der Waals surface area (Å²) in [6.07, 6.45) is -6.65. The van der Waals surface area contributed by atoms with Gasteiger partial charge in [-0.05, 0) is 57.2 Å². The van der Waals surface area contributed by atoms with Crippen molar-refractivity contribution >= 4 is 51.8 Å². The Morgan fingerprint density at radius 3 is 1.84 bits per heavy atom. The number of alkyl halides is 6. The van der Waals surface area contributed by atoms with Crippen LogP contribution in [0.15, 0.2) is 46.3 Å². The molecular formula is C35H43F7N10O7S2. The number of nitro benzene ring substituents is 2. The molecule has 0 radical (unpaired) electrons. The van der Waals surface area contributed by atoms with Crippen molar-refractivity contribution < 1.29 is 50.1 Å². The van der Waals surface area contributed by atoms with Gasteiger partial charge in [-0.3, -0.25) is 29.8 Å². The molecule has 0 spiro atoms. The molecule has 0 aliphatic carbocycles. The molecule has 0 atom stereocenters. The van der Waals surface area contributed by atoms with Gasteiger partial charge in [-0.1, -0.05) is 62.8 Å². The third kappa shape index (κ3) is 14.5. The maximum Gasteiger partial charge on any atom is 0.445 e. The highest BCUT2D eigenvalue weighted by atomic mass is 32.2. The van der Waals surface area contributed by atoms with Crippen molar-refractivity contribution in [3.05, 3.63) is 89.1 Å². The number of anilines is 2. The molecule has 61 heavy (non-hydrogen) atoms. The van der Waals surface area contributed by atoms with Crippen molar-refractivity contribution in [2.45, 2.75) is 90.3 Å². The summed E-state index contributed by atoms with van der Waals surface area (Å²) in [6, 6.07) is 5.71. The van der Waals surface area contributed by atoms with Gasteiger partial charge in [-0.15, -0.1) is 15.3 Å². The Labute approximate surface area is 352 Å². The monoisotopic (exact) mass is 912 g/mol. The van der Waals surface area contributed by atoms with Crippen LogP contribution in [0.3, 0.4) is 0 Å². The minimum Gasteiger partial charge on any atom is -0.459 e. The predicted octanol–water partition coefficient (Wildman–Crippen LogP) is 8.04. The number of nitro groups is 2. The lowest BCUT2D eigenvalue weighted by Crippen LogP contribution is -2.40. The lowest BCUT2D eigenvalue weighted by atomic mass is 9.93. The van der Waals surface area contributed by atoms with Crippen LogP contribution in [-0.4, -0.2) is 72.8 Å². The molecule has 336 valence electrons. The maximum absolute atomic E-state index is 13.0. The number of rotatable bonds is 13. The number of hydrogen-bond acceptors (Lipinski definition) is 15. The number of ether oxygens (including phenoxy) is 1. The average molecular weight is 913 g/mol. The van der Waals surface area contributed by atoms with Gasteiger partial charge in [0, 0.05) is 42.4 Å². The summed E-state index contributed by atoms with van der Waals surface area (Å²) in [5.74, 6) is 4.63. The summed E-state index contributed by atoms with van der Waals surface area (Å²) in [5, 5.41) is 35.3. The first-order valence-electron chi connectivity index (χ1n) is 17.9. The van der Waals surface area contributed by atoms with Crippen molar-refractivity contribution in [1.29, 1.82) is 0 Å². The fraction of sp³-hybridized carbons (Fsp3) is 0.486. The molecular weight excluding hydrogens is 870 g/mol. The van der Waals surface area contributed by atoms with E-state index in [1.165, 1.54) is 45.8 Å². The van der Waals surface area contributed by atoms with E-state index in [1.54, 1.807) is 34.0 Å². The van der Waals surface area contributed by atoms with Crippen molar-refractivity contribution in [3.8, 4) is 5.19 Å². The molecule has 0 unspecified atom stereocenters. The highest BCUT2D eigenvalue weighted by Crippen LogP contribution is 2.43. The van der Waals surface area contributed by atoms with Gasteiger partial charge in [0.1, 0.15) is 11.5 Å². The van der Waals surface area contributed by atoms with E-state index in [0.29, 0.717) is 41.5 Å². The van der Waals surface area contributed by atoms with Crippen LogP contribution in [0.25, 0.3) is 0 Å². The highest BCUT2D eigenvalue weighted by Gasteiger charge is 2.39. The van der Waals surface area contributed by atoms with E-state index in [-0.39, 0.29) is 52.3 Å². The number of aromatic nitrogens is 5. The lowest BCUT2D eigenvalue weighted by molar-refractivity contribution is -0.393. The topological polar surface area (TPSA) is 219 Å². The van der Waals surface area contributed by atoms with Crippen molar-refractivity contribution in [2.24, 2.45) is 0 Å². The first kappa shape index (κ1) is 51.5. The first-order chi connectivity index (χ1) is 28.2. The molecule has 4 rings (SSSR count). The molecule has 2 N–H and O–H groups in total. The highest BCUT2D eigenvalue weighted by molar-refractivity contribution is 7.98. The van der Waals surface area contributed by atoms with E-state index in [1.807, 2.05) is 20.8 Å². The van der Waals surface area contributed by atoms with Gasteiger partial charge >= 0.3 is 12.4 Å². The lowest BCUT2D eigenvalue weighted by Gasteiger charge is -2.26. The van der Waals surface area contributed by atoms with Crippen LogP contribution in [0.2, 0.25) is 0 Å². The van der Waals surface area contributed by atoms with Crippen molar-refractivity contribution in [1.82, 2.24) is 25.1 Å². The predicted molar refractivity (Wildman–Crippen MR) is 214 cm³/mol. The molecule has 17 nitrogen and oxygen atoms in total. The maximum atomic E-state index is 13.0. The molecule has 0 saturated carbocycles. The van der Waals surface area contributed by atoms with Gasteiger partial charge in [0.25, 0.3) is 28.0 Å². The number of nitrogens with two attached hydrogens (primary N) is 1. The zero-order chi connectivity index (χ0) is 46.6. The second-order valence-electron chi connectivity index (χ2n) is 13.8. The second-order valence-corrected chi connectivity index (χ2v) is 15.5. The largest absolute Gasteiger partial charge is 0.459 e. The number of nitrogen functional groups attached to an aromatic ring is 1. The minimum absolute atomic E-state index is 0.210. The molecule has 0 saturated heterocycles. The van der Waals surface area contributed by atoms with Crippen LogP contribution in [0, 0.1) is 26.0 Å². The fourth-order valence-corrected chi connectivity index (χ4v) is 6.11. The summed E-state index contributed by atoms with van der Waals surface area (Å²) >= 11 is 1.50. The third-order valence-electron chi connectivity index (χ3n) is 7.71. The average Bonchev–Trinajstić information content (AvgIpc) is 3.65. The van der Waals surface area contributed by atoms with Gasteiger partial charge in [-0.25, -0.2) is 4.39 Å². The number of carbonyl (C=O) groups is 1. The van der Waals surface area contributed by atoms with Gasteiger partial charge in [0.05, 0.1) is 15.4 Å². The van der Waals surface area contributed by atoms with Crippen molar-refractivity contribution in [3.63, 3.8) is 0 Å². The summed E-state index contributed by atoms with van der Waals surface area (Å²) in [5.41, 5.74) is -3.38. The van der Waals surface area contributed by atoms with E-state index in [2.05, 4.69) is 20.4 Å². The Hall–Kier alpha value is -5.66. The van der Waals surface area contributed by atoms with E-state index >= 15 is 0 Å². The number of amides is 1. The second kappa shape index (κ2) is 21.7. The fourth-order valence-electron chi connectivity index (χ4n) is 5.15. The molecule has 2 aromatic heterocycles. The molecule has 0 fully saturated rings. The summed E-state index contributed by atoms with van der Waals surface area (Å²) in [7, 11) is 0. The van der Waals surface area contributed by atoms with Gasteiger partial charge < -0.3 is 20.4 Å². The Balaban J connectivity index is 0.000000326. The zero-order valence-electron chi connectivity index (χ0n) is 34.0. The Morgan fingerprint density at radius 2 is 1.44 bits per heavy atom. The minimum atomic E-state index is -4.91. The number of nitrogens with zero attached hydrogens (tertiary/aromatic N) is 9. The van der Waals surface area contributed by atoms with Gasteiger partial charge in [0.15, 0.2) is 12.3 Å². The van der Waals surface area contributed by atoms with Gasteiger partial charge in [0.2, 0.25) is 10.2 Å².